The third-order valence-corrected chi connectivity index (χ3v) is 13.3. The van der Waals surface area contributed by atoms with E-state index in [2.05, 4.69) is 38.2 Å². The molecule has 0 aliphatic rings. The summed E-state index contributed by atoms with van der Waals surface area (Å²) in [6.45, 7) is 4.71. The van der Waals surface area contributed by atoms with Gasteiger partial charge in [-0.2, -0.15) is 0 Å². The van der Waals surface area contributed by atoms with Crippen LogP contribution in [0, 0.1) is 0 Å². The van der Waals surface area contributed by atoms with E-state index >= 15 is 0 Å². The summed E-state index contributed by atoms with van der Waals surface area (Å²) in [5.74, 6) is -1.72. The summed E-state index contributed by atoms with van der Waals surface area (Å²) in [6.07, 6.45) is 59.3. The molecule has 0 bridgehead atoms. The van der Waals surface area contributed by atoms with Gasteiger partial charge in [0, 0.05) is 19.3 Å². The van der Waals surface area contributed by atoms with Gasteiger partial charge in [0.25, 0.3) is 0 Å². The van der Waals surface area contributed by atoms with Gasteiger partial charge in [-0.15, -0.1) is 0 Å². The molecule has 0 N–H and O–H groups in total. The van der Waals surface area contributed by atoms with Gasteiger partial charge in [-0.25, -0.2) is 0 Å². The molecule has 0 radical (unpaired) electrons. The van der Waals surface area contributed by atoms with Crippen molar-refractivity contribution in [1.82, 2.24) is 0 Å². The standard InChI is InChI=1S/C59H111NO7/c1-6-8-10-12-14-16-18-20-22-24-26-28-30-31-33-35-37-39-41-43-45-47-49-57(61)66-54-55(53-65-52-51-56(59(63)64)60(3,4)5)67-58(62)50-48-46-44-42-40-38-36-34-32-29-27-25-23-21-19-17-15-13-11-9-7-2/h24,26,30-31,55-56H,6-23,25,27-29,32-54H2,1-5H3/b26-24+,31-30+. The molecule has 0 aromatic rings. The zero-order chi connectivity index (χ0) is 49.2. The minimum Gasteiger partial charge on any atom is -0.544 e. The normalized spacial score (nSPS) is 12.9. The molecule has 394 valence electrons. The van der Waals surface area contributed by atoms with Gasteiger partial charge in [-0.3, -0.25) is 9.59 Å². The number of carbonyl (C=O) groups is 3. The number of carbonyl (C=O) groups excluding carboxylic acids is 3. The molecule has 2 unspecified atom stereocenters. The van der Waals surface area contributed by atoms with Crippen LogP contribution in [-0.4, -0.2) is 75.5 Å². The molecule has 0 fully saturated rings. The number of likely N-dealkylation sites (N-methyl/N-ethyl adjacent to an activating group) is 1. The van der Waals surface area contributed by atoms with Crippen LogP contribution in [-0.2, 0) is 28.6 Å². The summed E-state index contributed by atoms with van der Waals surface area (Å²) >= 11 is 0. The van der Waals surface area contributed by atoms with E-state index in [1.54, 1.807) is 0 Å². The van der Waals surface area contributed by atoms with Crippen molar-refractivity contribution in [2.24, 2.45) is 0 Å². The van der Waals surface area contributed by atoms with Crippen LogP contribution < -0.4 is 5.11 Å². The number of carboxylic acids is 1. The van der Waals surface area contributed by atoms with Crippen LogP contribution in [0.4, 0.5) is 0 Å². The molecule has 0 aromatic carbocycles. The summed E-state index contributed by atoms with van der Waals surface area (Å²) < 4.78 is 17.3. The van der Waals surface area contributed by atoms with Gasteiger partial charge in [0.05, 0.1) is 40.3 Å². The van der Waals surface area contributed by atoms with Crippen molar-refractivity contribution in [1.29, 1.82) is 0 Å². The summed E-state index contributed by atoms with van der Waals surface area (Å²) in [4.78, 5) is 37.1. The van der Waals surface area contributed by atoms with Gasteiger partial charge in [-0.1, -0.05) is 244 Å². The van der Waals surface area contributed by atoms with E-state index < -0.39 is 18.1 Å². The largest absolute Gasteiger partial charge is 0.544 e. The summed E-state index contributed by atoms with van der Waals surface area (Å²) in [7, 11) is 5.43. The van der Waals surface area contributed by atoms with Gasteiger partial charge < -0.3 is 28.6 Å². The van der Waals surface area contributed by atoms with Crippen molar-refractivity contribution in [2.75, 3.05) is 41.0 Å². The number of rotatable bonds is 53. The number of ether oxygens (including phenoxy) is 3. The zero-order valence-electron chi connectivity index (χ0n) is 45.1. The number of quaternary nitrogens is 1. The average Bonchev–Trinajstić information content (AvgIpc) is 3.29. The topological polar surface area (TPSA) is 102 Å². The third kappa shape index (κ3) is 48.6. The maximum absolute atomic E-state index is 12.8. The van der Waals surface area contributed by atoms with Crippen molar-refractivity contribution >= 4 is 17.9 Å². The molecule has 0 spiro atoms. The molecule has 0 heterocycles. The minimum atomic E-state index is -1.12. The monoisotopic (exact) mass is 946 g/mol. The fourth-order valence-corrected chi connectivity index (χ4v) is 8.87. The fraction of sp³-hybridized carbons (Fsp3) is 0.881. The number of esters is 2. The molecule has 8 heteroatoms. The molecule has 8 nitrogen and oxygen atoms in total. The summed E-state index contributed by atoms with van der Waals surface area (Å²) in [5.41, 5.74) is 0. The molecule has 67 heavy (non-hydrogen) atoms. The smallest absolute Gasteiger partial charge is 0.306 e. The van der Waals surface area contributed by atoms with Crippen LogP contribution >= 0.6 is 0 Å². The van der Waals surface area contributed by atoms with Gasteiger partial charge in [-0.05, 0) is 44.9 Å². The first-order valence-electron chi connectivity index (χ1n) is 28.9. The quantitative estimate of drug-likeness (QED) is 0.0259. The summed E-state index contributed by atoms with van der Waals surface area (Å²) in [5, 5.41) is 11.7. The SMILES string of the molecule is CCCCCCCCCC/C=C/C/C=C/CCCCCCCCCC(=O)OCC(COCCC(C(=O)[O-])[N+](C)(C)C)OC(=O)CCCCCCCCCCCCCCCCCCCCCCC. The predicted octanol–water partition coefficient (Wildman–Crippen LogP) is 15.8. The lowest BCUT2D eigenvalue weighted by Crippen LogP contribution is -2.55. The van der Waals surface area contributed by atoms with E-state index in [1.165, 1.54) is 199 Å². The van der Waals surface area contributed by atoms with Crippen LogP contribution in [0.5, 0.6) is 0 Å². The number of hydrogen-bond donors (Lipinski definition) is 0. The molecular formula is C59H111NO7. The van der Waals surface area contributed by atoms with Gasteiger partial charge >= 0.3 is 11.9 Å². The lowest BCUT2D eigenvalue weighted by molar-refractivity contribution is -0.889. The molecule has 0 aliphatic heterocycles. The fourth-order valence-electron chi connectivity index (χ4n) is 8.87. The Kier molecular flexibility index (Phi) is 48.6. The number of allylic oxidation sites excluding steroid dienone is 4. The highest BCUT2D eigenvalue weighted by Gasteiger charge is 2.25. The highest BCUT2D eigenvalue weighted by atomic mass is 16.6. The first kappa shape index (κ1) is 64.8. The van der Waals surface area contributed by atoms with Crippen LogP contribution in [0.2, 0.25) is 0 Å². The van der Waals surface area contributed by atoms with Gasteiger partial charge in [0.15, 0.2) is 6.10 Å². The first-order chi connectivity index (χ1) is 32.6. The van der Waals surface area contributed by atoms with Gasteiger partial charge in [0.1, 0.15) is 12.6 Å². The van der Waals surface area contributed by atoms with Crippen molar-refractivity contribution in [3.63, 3.8) is 0 Å². The van der Waals surface area contributed by atoms with E-state index in [0.29, 0.717) is 12.8 Å². The minimum absolute atomic E-state index is 0.0431. The molecule has 0 amide bonds. The molecule has 0 aliphatic carbocycles. The number of aliphatic carboxylic acids is 1. The Labute approximate surface area is 415 Å². The lowest BCUT2D eigenvalue weighted by Gasteiger charge is -2.34. The average molecular weight is 947 g/mol. The van der Waals surface area contributed by atoms with Crippen molar-refractivity contribution < 1.29 is 38.2 Å². The molecule has 2 atom stereocenters. The summed E-state index contributed by atoms with van der Waals surface area (Å²) in [6, 6.07) is -0.725. The number of hydrogen-bond acceptors (Lipinski definition) is 7. The Morgan fingerprint density at radius 3 is 1.15 bits per heavy atom. The van der Waals surface area contributed by atoms with Crippen molar-refractivity contribution in [2.45, 2.75) is 296 Å². The van der Waals surface area contributed by atoms with E-state index in [-0.39, 0.29) is 42.7 Å². The Balaban J connectivity index is 4.16. The third-order valence-electron chi connectivity index (χ3n) is 13.3. The molecule has 0 rings (SSSR count). The van der Waals surface area contributed by atoms with Crippen LogP contribution in [0.3, 0.4) is 0 Å². The Hall–Kier alpha value is -2.19. The molecular weight excluding hydrogens is 835 g/mol. The van der Waals surface area contributed by atoms with E-state index in [1.807, 2.05) is 21.1 Å². The predicted molar refractivity (Wildman–Crippen MR) is 282 cm³/mol. The maximum Gasteiger partial charge on any atom is 0.306 e. The maximum atomic E-state index is 12.8. The van der Waals surface area contributed by atoms with Gasteiger partial charge in [0.2, 0.25) is 0 Å². The van der Waals surface area contributed by atoms with Crippen molar-refractivity contribution in [3.8, 4) is 0 Å². The second kappa shape index (κ2) is 50.2. The highest BCUT2D eigenvalue weighted by Crippen LogP contribution is 2.17. The van der Waals surface area contributed by atoms with E-state index in [0.717, 1.165) is 51.4 Å². The van der Waals surface area contributed by atoms with E-state index in [4.69, 9.17) is 14.2 Å². The highest BCUT2D eigenvalue weighted by molar-refractivity contribution is 5.70. The molecule has 0 aromatic heterocycles. The number of nitrogens with zero attached hydrogens (tertiary/aromatic N) is 1. The van der Waals surface area contributed by atoms with Crippen LogP contribution in [0.25, 0.3) is 0 Å². The first-order valence-corrected chi connectivity index (χ1v) is 28.9. The number of carboxylic acid groups (broad SMARTS) is 1. The second-order valence-corrected chi connectivity index (χ2v) is 20.9. The Bertz CT molecular complexity index is 1150. The molecule has 0 saturated carbocycles. The van der Waals surface area contributed by atoms with E-state index in [9.17, 15) is 19.5 Å². The van der Waals surface area contributed by atoms with Crippen LogP contribution in [0.1, 0.15) is 284 Å². The molecule has 0 saturated heterocycles. The number of unbranched alkanes of at least 4 members (excludes halogenated alkanes) is 35. The lowest BCUT2D eigenvalue weighted by atomic mass is 10.0. The zero-order valence-corrected chi connectivity index (χ0v) is 45.1. The van der Waals surface area contributed by atoms with Crippen LogP contribution in [0.15, 0.2) is 24.3 Å². The Morgan fingerprint density at radius 2 is 0.791 bits per heavy atom. The Morgan fingerprint density at radius 1 is 0.448 bits per heavy atom. The second-order valence-electron chi connectivity index (χ2n) is 20.9. The van der Waals surface area contributed by atoms with Crippen molar-refractivity contribution in [3.05, 3.63) is 24.3 Å².